The van der Waals surface area contributed by atoms with Gasteiger partial charge in [-0.05, 0) is 5.18 Å². The number of rotatable bonds is 2. The van der Waals surface area contributed by atoms with Gasteiger partial charge >= 0.3 is 0 Å². The second kappa shape index (κ2) is 4.10. The van der Waals surface area contributed by atoms with Gasteiger partial charge in [-0.25, -0.2) is 0 Å². The Morgan fingerprint density at radius 2 is 2.00 bits per heavy atom. The molecule has 0 radical (unpaired) electrons. The Labute approximate surface area is 75.1 Å². The van der Waals surface area contributed by atoms with Crippen molar-refractivity contribution in [3.63, 3.8) is 0 Å². The van der Waals surface area contributed by atoms with E-state index in [4.69, 9.17) is 9.84 Å². The highest BCUT2D eigenvalue weighted by Crippen LogP contribution is 2.26. The zero-order valence-corrected chi connectivity index (χ0v) is 7.20. The van der Waals surface area contributed by atoms with Crippen molar-refractivity contribution in [2.24, 2.45) is 11.1 Å². The Morgan fingerprint density at radius 1 is 1.38 bits per heavy atom. The molecule has 0 aromatic carbocycles. The van der Waals surface area contributed by atoms with Gasteiger partial charge in [-0.15, -0.1) is 4.91 Å². The van der Waals surface area contributed by atoms with Crippen LogP contribution in [0.4, 0.5) is 0 Å². The first kappa shape index (κ1) is 10.5. The molecule has 1 saturated heterocycles. The van der Waals surface area contributed by atoms with Crippen LogP contribution in [-0.4, -0.2) is 46.5 Å². The molecule has 0 aromatic heterocycles. The SMILES string of the molecule is CC1C(N=O)O[C@H](CO)[C@@H](O)[C@@H]1O. The lowest BCUT2D eigenvalue weighted by atomic mass is 9.92. The standard InChI is InChI=1S/C7H13NO5/c1-3-5(10)6(11)4(2-9)13-7(3)8-12/h3-7,9-11H,2H2,1H3/t3?,4-,5-,6-,7?/m1/s1. The summed E-state index contributed by atoms with van der Waals surface area (Å²) in [6.45, 7) is 1.10. The molecule has 0 amide bonds. The molecule has 76 valence electrons. The molecule has 1 aliphatic rings. The van der Waals surface area contributed by atoms with Gasteiger partial charge in [-0.3, -0.25) is 0 Å². The monoisotopic (exact) mass is 191 g/mol. The molecule has 5 atom stereocenters. The van der Waals surface area contributed by atoms with E-state index in [2.05, 4.69) is 5.18 Å². The van der Waals surface area contributed by atoms with E-state index >= 15 is 0 Å². The van der Waals surface area contributed by atoms with Crippen molar-refractivity contribution in [2.45, 2.75) is 31.5 Å². The molecule has 1 heterocycles. The topological polar surface area (TPSA) is 99.4 Å². The van der Waals surface area contributed by atoms with Crippen LogP contribution in [0.25, 0.3) is 0 Å². The van der Waals surface area contributed by atoms with Crippen molar-refractivity contribution in [3.8, 4) is 0 Å². The first-order valence-corrected chi connectivity index (χ1v) is 4.06. The van der Waals surface area contributed by atoms with Gasteiger partial charge < -0.3 is 20.1 Å². The van der Waals surface area contributed by atoms with E-state index in [0.29, 0.717) is 0 Å². The van der Waals surface area contributed by atoms with Crippen LogP contribution in [0.3, 0.4) is 0 Å². The van der Waals surface area contributed by atoms with Gasteiger partial charge in [0.1, 0.15) is 12.2 Å². The lowest BCUT2D eigenvalue weighted by Gasteiger charge is -2.37. The smallest absolute Gasteiger partial charge is 0.195 e. The van der Waals surface area contributed by atoms with E-state index in [1.54, 1.807) is 6.92 Å². The number of aliphatic hydroxyl groups is 3. The molecule has 0 saturated carbocycles. The number of aliphatic hydroxyl groups excluding tert-OH is 3. The maximum absolute atomic E-state index is 10.2. The third-order valence-corrected chi connectivity index (χ3v) is 2.32. The maximum atomic E-state index is 10.2. The second-order valence-corrected chi connectivity index (χ2v) is 3.19. The van der Waals surface area contributed by atoms with Crippen LogP contribution in [0.2, 0.25) is 0 Å². The quantitative estimate of drug-likeness (QED) is 0.477. The van der Waals surface area contributed by atoms with Gasteiger partial charge in [-0.2, -0.15) is 0 Å². The largest absolute Gasteiger partial charge is 0.394 e. The van der Waals surface area contributed by atoms with Gasteiger partial charge in [0.15, 0.2) is 6.23 Å². The summed E-state index contributed by atoms with van der Waals surface area (Å²) in [7, 11) is 0. The first-order valence-electron chi connectivity index (χ1n) is 4.06. The lowest BCUT2D eigenvalue weighted by molar-refractivity contribution is -0.203. The molecule has 0 aliphatic carbocycles. The highest BCUT2D eigenvalue weighted by molar-refractivity contribution is 4.88. The fraction of sp³-hybridized carbons (Fsp3) is 1.00. The fourth-order valence-corrected chi connectivity index (χ4v) is 1.36. The van der Waals surface area contributed by atoms with Crippen LogP contribution in [0.5, 0.6) is 0 Å². The van der Waals surface area contributed by atoms with Crippen LogP contribution in [0.1, 0.15) is 6.92 Å². The van der Waals surface area contributed by atoms with Crippen molar-refractivity contribution >= 4 is 0 Å². The minimum atomic E-state index is -1.17. The summed E-state index contributed by atoms with van der Waals surface area (Å²) in [5.74, 6) is -0.560. The van der Waals surface area contributed by atoms with Gasteiger partial charge in [-0.1, -0.05) is 6.92 Å². The van der Waals surface area contributed by atoms with E-state index in [-0.39, 0.29) is 0 Å². The summed E-state index contributed by atoms with van der Waals surface area (Å²) in [6.07, 6.45) is -4.20. The minimum Gasteiger partial charge on any atom is -0.394 e. The molecular formula is C7H13NO5. The van der Waals surface area contributed by atoms with Gasteiger partial charge in [0.2, 0.25) is 0 Å². The minimum absolute atomic E-state index is 0.447. The van der Waals surface area contributed by atoms with Crippen LogP contribution in [-0.2, 0) is 4.74 Å². The predicted octanol–water partition coefficient (Wildman–Crippen LogP) is -1.17. The van der Waals surface area contributed by atoms with Crippen LogP contribution in [0, 0.1) is 10.8 Å². The second-order valence-electron chi connectivity index (χ2n) is 3.19. The van der Waals surface area contributed by atoms with E-state index in [0.717, 1.165) is 0 Å². The zero-order valence-electron chi connectivity index (χ0n) is 7.20. The molecule has 13 heavy (non-hydrogen) atoms. The van der Waals surface area contributed by atoms with Crippen LogP contribution in [0.15, 0.2) is 5.18 Å². The number of nitroso groups, excluding NO2 is 1. The third-order valence-electron chi connectivity index (χ3n) is 2.32. The average molecular weight is 191 g/mol. The molecular weight excluding hydrogens is 178 g/mol. The summed E-state index contributed by atoms with van der Waals surface area (Å²) in [6, 6.07) is 0. The molecule has 3 N–H and O–H groups in total. The Morgan fingerprint density at radius 3 is 2.46 bits per heavy atom. The third kappa shape index (κ3) is 1.86. The molecule has 1 rings (SSSR count). The normalized spacial score (nSPS) is 46.0. The summed E-state index contributed by atoms with van der Waals surface area (Å²) >= 11 is 0. The average Bonchev–Trinajstić information content (AvgIpc) is 2.15. The van der Waals surface area contributed by atoms with Crippen LogP contribution >= 0.6 is 0 Å². The van der Waals surface area contributed by atoms with Crippen molar-refractivity contribution in [1.82, 2.24) is 0 Å². The number of hydrogen-bond acceptors (Lipinski definition) is 6. The summed E-state index contributed by atoms with van der Waals surface area (Å²) in [5, 5.41) is 30.1. The summed E-state index contributed by atoms with van der Waals surface area (Å²) in [5.41, 5.74) is 0. The van der Waals surface area contributed by atoms with Gasteiger partial charge in [0.25, 0.3) is 0 Å². The van der Waals surface area contributed by atoms with Crippen molar-refractivity contribution in [1.29, 1.82) is 0 Å². The van der Waals surface area contributed by atoms with E-state index < -0.39 is 37.1 Å². The molecule has 6 heteroatoms. The van der Waals surface area contributed by atoms with Gasteiger partial charge in [0, 0.05) is 5.92 Å². The van der Waals surface area contributed by atoms with E-state index in [1.165, 1.54) is 0 Å². The number of ether oxygens (including phenoxy) is 1. The Hall–Kier alpha value is -0.560. The molecule has 0 spiro atoms. The zero-order chi connectivity index (χ0) is 10.0. The van der Waals surface area contributed by atoms with E-state index in [9.17, 15) is 15.1 Å². The molecule has 6 nitrogen and oxygen atoms in total. The lowest BCUT2D eigenvalue weighted by Crippen LogP contribution is -2.54. The molecule has 1 fully saturated rings. The highest BCUT2D eigenvalue weighted by atomic mass is 16.6. The number of nitrogens with zero attached hydrogens (tertiary/aromatic N) is 1. The Kier molecular flexibility index (Phi) is 3.32. The number of hydrogen-bond donors (Lipinski definition) is 3. The first-order chi connectivity index (χ1) is 6.11. The van der Waals surface area contributed by atoms with E-state index in [1.807, 2.05) is 0 Å². The van der Waals surface area contributed by atoms with Crippen molar-refractivity contribution in [3.05, 3.63) is 4.91 Å². The molecule has 0 bridgehead atoms. The maximum Gasteiger partial charge on any atom is 0.195 e. The predicted molar refractivity (Wildman–Crippen MR) is 42.7 cm³/mol. The Bertz CT molecular complexity index is 186. The summed E-state index contributed by atoms with van der Waals surface area (Å²) in [4.78, 5) is 10.2. The van der Waals surface area contributed by atoms with Crippen molar-refractivity contribution < 1.29 is 20.1 Å². The van der Waals surface area contributed by atoms with Crippen LogP contribution < -0.4 is 0 Å². The molecule has 1 aliphatic heterocycles. The summed E-state index contributed by atoms with van der Waals surface area (Å²) < 4.78 is 4.94. The fourth-order valence-electron chi connectivity index (χ4n) is 1.36. The molecule has 2 unspecified atom stereocenters. The van der Waals surface area contributed by atoms with Crippen molar-refractivity contribution in [2.75, 3.05) is 6.61 Å². The van der Waals surface area contributed by atoms with Gasteiger partial charge in [0.05, 0.1) is 12.7 Å². The Balaban J connectivity index is 2.71. The molecule has 0 aromatic rings. The highest BCUT2D eigenvalue weighted by Gasteiger charge is 2.42.